The second kappa shape index (κ2) is 8.12. The van der Waals surface area contributed by atoms with Crippen LogP contribution in [0.3, 0.4) is 0 Å². The molecule has 27 heavy (non-hydrogen) atoms. The lowest BCUT2D eigenvalue weighted by Gasteiger charge is -2.16. The van der Waals surface area contributed by atoms with E-state index in [1.54, 1.807) is 0 Å². The van der Waals surface area contributed by atoms with Gasteiger partial charge in [0.1, 0.15) is 10.6 Å². The molecule has 0 atom stereocenters. The van der Waals surface area contributed by atoms with Crippen molar-refractivity contribution in [1.29, 1.82) is 0 Å². The van der Waals surface area contributed by atoms with Crippen LogP contribution in [0.25, 0.3) is 10.1 Å². The van der Waals surface area contributed by atoms with Crippen LogP contribution in [0.5, 0.6) is 5.75 Å². The van der Waals surface area contributed by atoms with Gasteiger partial charge in [-0.25, -0.2) is 0 Å². The maximum Gasteiger partial charge on any atom is 0.400 e. The summed E-state index contributed by atoms with van der Waals surface area (Å²) in [4.78, 5) is 17.0. The smallest absolute Gasteiger partial charge is 0.400 e. The molecule has 2 aromatic rings. The minimum Gasteiger partial charge on any atom is -0.492 e. The molecule has 1 aromatic heterocycles. The number of hydrogen-bond acceptors (Lipinski definition) is 3. The topological polar surface area (TPSA) is 66.8 Å². The summed E-state index contributed by atoms with van der Waals surface area (Å²) in [5.41, 5.74) is -4.00. The Morgan fingerprint density at radius 3 is 2.37 bits per heavy atom. The van der Waals surface area contributed by atoms with Crippen LogP contribution in [0.1, 0.15) is 23.3 Å². The molecule has 2 rings (SSSR count). The highest BCUT2D eigenvalue weighted by atomic mass is 79.9. The molecule has 0 radical (unpaired) electrons. The number of benzene rings is 1. The van der Waals surface area contributed by atoms with Gasteiger partial charge in [0.25, 0.3) is 0 Å². The Hall–Kier alpha value is -0.450. The van der Waals surface area contributed by atoms with Crippen molar-refractivity contribution < 1.29 is 41.0 Å². The molecule has 0 saturated carbocycles. The van der Waals surface area contributed by atoms with Crippen LogP contribution in [0.2, 0.25) is 0 Å². The highest BCUT2D eigenvalue weighted by molar-refractivity contribution is 9.10. The molecule has 13 heteroatoms. The molecule has 0 saturated heterocycles. The molecule has 152 valence electrons. The highest BCUT2D eigenvalue weighted by Crippen LogP contribution is 2.63. The van der Waals surface area contributed by atoms with E-state index in [9.17, 15) is 26.5 Å². The van der Waals surface area contributed by atoms with Gasteiger partial charge in [0, 0.05) is 22.2 Å². The van der Waals surface area contributed by atoms with Crippen molar-refractivity contribution in [3.63, 3.8) is 0 Å². The molecule has 2 N–H and O–H groups in total. The molecular weight excluding hydrogens is 506 g/mol. The van der Waals surface area contributed by atoms with Crippen molar-refractivity contribution in [2.45, 2.75) is 30.6 Å². The fraction of sp³-hybridized carbons (Fsp3) is 0.429. The third-order valence-corrected chi connectivity index (χ3v) is 7.20. The van der Waals surface area contributed by atoms with Crippen molar-refractivity contribution in [3.8, 4) is 5.75 Å². The van der Waals surface area contributed by atoms with Gasteiger partial charge < -0.3 is 14.5 Å². The fourth-order valence-corrected chi connectivity index (χ4v) is 5.29. The Morgan fingerprint density at radius 1 is 1.22 bits per heavy atom. The molecule has 1 heterocycles. The molecular formula is C14H12BrClF5O4PS. The molecule has 0 fully saturated rings. The van der Waals surface area contributed by atoms with E-state index in [4.69, 9.17) is 26.1 Å². The SMILES string of the molecule is O=P(O)(O)C(F)(F)c1sc2c(OCCCC(F)(F)F)cc(CCl)cc2c1Br. The first-order valence-electron chi connectivity index (χ1n) is 7.22. The van der Waals surface area contributed by atoms with Gasteiger partial charge in [-0.2, -0.15) is 22.0 Å². The van der Waals surface area contributed by atoms with E-state index in [0.717, 1.165) is 0 Å². The summed E-state index contributed by atoms with van der Waals surface area (Å²) in [7, 11) is -5.80. The van der Waals surface area contributed by atoms with Crippen molar-refractivity contribution in [1.82, 2.24) is 0 Å². The normalized spacial score (nSPS) is 13.4. The van der Waals surface area contributed by atoms with Gasteiger partial charge in [0.05, 0.1) is 11.3 Å². The van der Waals surface area contributed by atoms with Gasteiger partial charge in [-0.3, -0.25) is 4.57 Å². The van der Waals surface area contributed by atoms with Gasteiger partial charge in [-0.1, -0.05) is 0 Å². The van der Waals surface area contributed by atoms with E-state index in [1.807, 2.05) is 0 Å². The summed E-state index contributed by atoms with van der Waals surface area (Å²) in [6.07, 6.45) is -5.75. The minimum absolute atomic E-state index is 0.0174. The quantitative estimate of drug-likeness (QED) is 0.194. The number of rotatable bonds is 7. The van der Waals surface area contributed by atoms with E-state index in [0.29, 0.717) is 16.9 Å². The first kappa shape index (κ1) is 22.8. The van der Waals surface area contributed by atoms with Crippen LogP contribution in [0.15, 0.2) is 16.6 Å². The summed E-state index contributed by atoms with van der Waals surface area (Å²) in [6.45, 7) is -0.319. The predicted molar refractivity (Wildman–Crippen MR) is 95.8 cm³/mol. The Balaban J connectivity index is 2.46. The van der Waals surface area contributed by atoms with Gasteiger partial charge in [-0.05, 0) is 40.0 Å². The van der Waals surface area contributed by atoms with Crippen molar-refractivity contribution in [2.24, 2.45) is 0 Å². The van der Waals surface area contributed by atoms with E-state index in [-0.39, 0.29) is 39.2 Å². The average Bonchev–Trinajstić information content (AvgIpc) is 2.87. The van der Waals surface area contributed by atoms with Gasteiger partial charge >= 0.3 is 19.4 Å². The number of ether oxygens (including phenoxy) is 1. The monoisotopic (exact) mass is 516 g/mol. The molecule has 0 spiro atoms. The second-order valence-electron chi connectivity index (χ2n) is 5.50. The summed E-state index contributed by atoms with van der Waals surface area (Å²) >= 11 is 9.07. The van der Waals surface area contributed by atoms with Crippen LogP contribution in [0.4, 0.5) is 22.0 Å². The van der Waals surface area contributed by atoms with Crippen LogP contribution in [-0.4, -0.2) is 22.6 Å². The molecule has 0 aliphatic carbocycles. The molecule has 1 aromatic carbocycles. The molecule has 0 amide bonds. The zero-order valence-electron chi connectivity index (χ0n) is 13.2. The van der Waals surface area contributed by atoms with E-state index in [1.165, 1.54) is 12.1 Å². The maximum absolute atomic E-state index is 14.1. The largest absolute Gasteiger partial charge is 0.492 e. The maximum atomic E-state index is 14.1. The number of alkyl halides is 6. The van der Waals surface area contributed by atoms with Crippen LogP contribution < -0.4 is 4.74 Å². The number of fused-ring (bicyclic) bond motifs is 1. The third kappa shape index (κ3) is 5.13. The Bertz CT molecular complexity index is 882. The van der Waals surface area contributed by atoms with Gasteiger partial charge in [0.15, 0.2) is 0 Å². The van der Waals surface area contributed by atoms with E-state index >= 15 is 0 Å². The molecule has 0 aliphatic rings. The van der Waals surface area contributed by atoms with Crippen molar-refractivity contribution in [2.75, 3.05) is 6.61 Å². The summed E-state index contributed by atoms with van der Waals surface area (Å²) in [5.74, 6) is -0.00904. The van der Waals surface area contributed by atoms with Gasteiger partial charge in [0.2, 0.25) is 0 Å². The van der Waals surface area contributed by atoms with Crippen molar-refractivity contribution >= 4 is 56.5 Å². The van der Waals surface area contributed by atoms with Gasteiger partial charge in [-0.15, -0.1) is 22.9 Å². The first-order chi connectivity index (χ1) is 12.3. The Morgan fingerprint density at radius 2 is 1.85 bits per heavy atom. The molecule has 0 aliphatic heterocycles. The lowest BCUT2D eigenvalue weighted by Crippen LogP contribution is -2.12. The standard InChI is InChI=1S/C14H12BrClF5O4PS/c15-10-8-4-7(6-16)5-9(25-3-1-2-13(17,18)19)11(8)27-12(10)14(20,21)26(22,23)24/h4-5H,1-3,6H2,(H2,22,23,24). The minimum atomic E-state index is -5.80. The second-order valence-corrected chi connectivity index (χ2v) is 9.23. The predicted octanol–water partition coefficient (Wildman–Crippen LogP) is 6.35. The van der Waals surface area contributed by atoms with Crippen LogP contribution in [-0.2, 0) is 16.1 Å². The number of thiophene rings is 1. The van der Waals surface area contributed by atoms with E-state index < -0.39 is 30.7 Å². The lowest BCUT2D eigenvalue weighted by atomic mass is 10.1. The fourth-order valence-electron chi connectivity index (χ4n) is 2.16. The van der Waals surface area contributed by atoms with Crippen LogP contribution in [0, 0.1) is 0 Å². The zero-order chi connectivity index (χ0) is 20.6. The van der Waals surface area contributed by atoms with Crippen molar-refractivity contribution in [3.05, 3.63) is 27.0 Å². The number of halogens is 7. The lowest BCUT2D eigenvalue weighted by molar-refractivity contribution is -0.136. The summed E-state index contributed by atoms with van der Waals surface area (Å²) in [6, 6.07) is 2.83. The number of hydrogen-bond donors (Lipinski definition) is 2. The summed E-state index contributed by atoms with van der Waals surface area (Å²) < 4.78 is 81.3. The Labute approximate surface area is 167 Å². The zero-order valence-corrected chi connectivity index (χ0v) is 17.2. The van der Waals surface area contributed by atoms with E-state index in [2.05, 4.69) is 15.9 Å². The Kier molecular flexibility index (Phi) is 6.87. The van der Waals surface area contributed by atoms with Crippen LogP contribution >= 0.6 is 46.5 Å². The molecule has 0 unspecified atom stereocenters. The third-order valence-electron chi connectivity index (χ3n) is 3.41. The first-order valence-corrected chi connectivity index (χ1v) is 11.0. The highest BCUT2D eigenvalue weighted by Gasteiger charge is 2.53. The summed E-state index contributed by atoms with van der Waals surface area (Å²) in [5, 5.41) is 0.173. The molecule has 4 nitrogen and oxygen atoms in total. The molecule has 0 bridgehead atoms. The average molecular weight is 518 g/mol.